The highest BCUT2D eigenvalue weighted by Gasteiger charge is 2.17. The Bertz CT molecular complexity index is 1110. The quantitative estimate of drug-likeness (QED) is 0.626. The van der Waals surface area contributed by atoms with Crippen LogP contribution < -0.4 is 16.4 Å². The topological polar surface area (TPSA) is 93.1 Å². The Balaban J connectivity index is 1.71. The minimum Gasteiger partial charge on any atom is -0.273 e. The predicted molar refractivity (Wildman–Crippen MR) is 107 cm³/mol. The van der Waals surface area contributed by atoms with Crippen molar-refractivity contribution in [3.63, 3.8) is 0 Å². The number of fused-ring (bicyclic) bond motifs is 1. The molecule has 0 radical (unpaired) electrons. The Labute approximate surface area is 166 Å². The molecule has 150 valence electrons. The number of benzene rings is 2. The van der Waals surface area contributed by atoms with Gasteiger partial charge < -0.3 is 0 Å². The van der Waals surface area contributed by atoms with E-state index in [1.165, 1.54) is 10.7 Å². The number of aryl methyl sites for hydroxylation is 2. The molecule has 0 saturated heterocycles. The average molecular weight is 396 g/mol. The number of amides is 2. The third-order valence-electron chi connectivity index (χ3n) is 4.41. The maximum atomic E-state index is 13.6. The number of rotatable bonds is 6. The molecule has 2 N–H and O–H groups in total. The number of hydrogen-bond donors (Lipinski definition) is 2. The number of carbonyl (C=O) groups is 2. The molecule has 0 atom stereocenters. The highest BCUT2D eigenvalue weighted by molar-refractivity contribution is 6.05. The molecular weight excluding hydrogens is 375 g/mol. The van der Waals surface area contributed by atoms with Crippen molar-refractivity contribution >= 4 is 22.6 Å². The van der Waals surface area contributed by atoms with E-state index in [2.05, 4.69) is 16.0 Å². The minimum atomic E-state index is -0.634. The monoisotopic (exact) mass is 396 g/mol. The van der Waals surface area contributed by atoms with Crippen LogP contribution in [0.5, 0.6) is 0 Å². The Hall–Kier alpha value is -3.55. The van der Waals surface area contributed by atoms with E-state index < -0.39 is 11.8 Å². The maximum absolute atomic E-state index is 13.6. The van der Waals surface area contributed by atoms with Gasteiger partial charge in [0, 0.05) is 18.4 Å². The predicted octanol–water partition coefficient (Wildman–Crippen LogP) is 2.34. The number of carbonyl (C=O) groups excluding carboxylic acids is 2. The number of nitrogens with zero attached hydrogens (tertiary/aromatic N) is 2. The number of hydrogen-bond acceptors (Lipinski definition) is 4. The zero-order chi connectivity index (χ0) is 20.8. The first-order valence-electron chi connectivity index (χ1n) is 9.33. The van der Waals surface area contributed by atoms with Crippen molar-refractivity contribution in [1.82, 2.24) is 20.6 Å². The van der Waals surface area contributed by atoms with Gasteiger partial charge in [-0.15, -0.1) is 0 Å². The van der Waals surface area contributed by atoms with Crippen molar-refractivity contribution < 1.29 is 14.0 Å². The summed E-state index contributed by atoms with van der Waals surface area (Å²) in [5.41, 5.74) is 4.83. The summed E-state index contributed by atoms with van der Waals surface area (Å²) in [7, 11) is 0. The van der Waals surface area contributed by atoms with Crippen molar-refractivity contribution in [3.8, 4) is 0 Å². The molecule has 1 heterocycles. The molecule has 0 aliphatic carbocycles. The van der Waals surface area contributed by atoms with Crippen molar-refractivity contribution in [1.29, 1.82) is 0 Å². The SMILES string of the molecule is CCCn1nc(C(=O)NNC(=O)CCc2ccccc2F)c2ccccc2c1=O. The van der Waals surface area contributed by atoms with Gasteiger partial charge >= 0.3 is 0 Å². The van der Waals surface area contributed by atoms with Gasteiger partial charge in [-0.05, 0) is 30.5 Å². The molecule has 0 spiro atoms. The average Bonchev–Trinajstić information content (AvgIpc) is 2.73. The molecular formula is C21H21FN4O3. The summed E-state index contributed by atoms with van der Waals surface area (Å²) < 4.78 is 14.9. The highest BCUT2D eigenvalue weighted by Crippen LogP contribution is 2.13. The van der Waals surface area contributed by atoms with E-state index >= 15 is 0 Å². The summed E-state index contributed by atoms with van der Waals surface area (Å²) in [6.07, 6.45) is 0.890. The van der Waals surface area contributed by atoms with Crippen LogP contribution in [0.25, 0.3) is 10.8 Å². The highest BCUT2D eigenvalue weighted by atomic mass is 19.1. The van der Waals surface area contributed by atoms with Crippen LogP contribution in [0.4, 0.5) is 4.39 Å². The molecule has 2 aromatic carbocycles. The van der Waals surface area contributed by atoms with Crippen molar-refractivity contribution in [3.05, 3.63) is 76.0 Å². The number of nitrogens with one attached hydrogen (secondary N) is 2. The molecule has 0 unspecified atom stereocenters. The second-order valence-corrected chi connectivity index (χ2v) is 6.52. The molecule has 2 amide bonds. The minimum absolute atomic E-state index is 0.00468. The van der Waals surface area contributed by atoms with E-state index in [-0.39, 0.29) is 29.9 Å². The first-order chi connectivity index (χ1) is 14.0. The number of aromatic nitrogens is 2. The first-order valence-corrected chi connectivity index (χ1v) is 9.33. The first kappa shape index (κ1) is 20.2. The summed E-state index contributed by atoms with van der Waals surface area (Å²) in [6.45, 7) is 2.28. The Kier molecular flexibility index (Phi) is 6.33. The van der Waals surface area contributed by atoms with Gasteiger partial charge in [-0.2, -0.15) is 5.10 Å². The van der Waals surface area contributed by atoms with Gasteiger partial charge in [0.25, 0.3) is 11.5 Å². The molecule has 7 nitrogen and oxygen atoms in total. The molecule has 8 heteroatoms. The van der Waals surface area contributed by atoms with Gasteiger partial charge in [0.15, 0.2) is 5.69 Å². The Morgan fingerprint density at radius 2 is 1.72 bits per heavy atom. The van der Waals surface area contributed by atoms with Crippen LogP contribution in [0.3, 0.4) is 0 Å². The zero-order valence-corrected chi connectivity index (χ0v) is 15.9. The second-order valence-electron chi connectivity index (χ2n) is 6.52. The molecule has 0 aliphatic heterocycles. The molecule has 3 rings (SSSR count). The molecule has 1 aromatic heterocycles. The zero-order valence-electron chi connectivity index (χ0n) is 15.9. The van der Waals surface area contributed by atoms with E-state index in [1.807, 2.05) is 6.92 Å². The maximum Gasteiger partial charge on any atom is 0.290 e. The fourth-order valence-corrected chi connectivity index (χ4v) is 2.96. The van der Waals surface area contributed by atoms with E-state index in [1.54, 1.807) is 42.5 Å². The van der Waals surface area contributed by atoms with Crippen LogP contribution in [0.15, 0.2) is 53.3 Å². The van der Waals surface area contributed by atoms with Crippen LogP contribution in [0.1, 0.15) is 35.8 Å². The lowest BCUT2D eigenvalue weighted by Crippen LogP contribution is -2.43. The largest absolute Gasteiger partial charge is 0.290 e. The van der Waals surface area contributed by atoms with Crippen molar-refractivity contribution in [2.45, 2.75) is 32.7 Å². The van der Waals surface area contributed by atoms with Gasteiger partial charge in [-0.1, -0.05) is 43.3 Å². The van der Waals surface area contributed by atoms with E-state index in [9.17, 15) is 18.8 Å². The molecule has 0 saturated carbocycles. The van der Waals surface area contributed by atoms with E-state index in [0.29, 0.717) is 29.3 Å². The van der Waals surface area contributed by atoms with Crippen molar-refractivity contribution in [2.75, 3.05) is 0 Å². The Morgan fingerprint density at radius 3 is 2.45 bits per heavy atom. The van der Waals surface area contributed by atoms with Crippen LogP contribution >= 0.6 is 0 Å². The summed E-state index contributed by atoms with van der Waals surface area (Å²) >= 11 is 0. The third kappa shape index (κ3) is 4.66. The van der Waals surface area contributed by atoms with Gasteiger partial charge in [0.05, 0.1) is 5.39 Å². The number of hydrazine groups is 1. The van der Waals surface area contributed by atoms with Gasteiger partial charge in [0.2, 0.25) is 5.91 Å². The normalized spacial score (nSPS) is 10.7. The standard InChI is InChI=1S/C21H21FN4O3/c1-2-13-26-21(29)16-9-5-4-8-15(16)19(25-26)20(28)24-23-18(27)12-11-14-7-3-6-10-17(14)22/h3-10H,2,11-13H2,1H3,(H,23,27)(H,24,28). The number of halogens is 1. The lowest BCUT2D eigenvalue weighted by Gasteiger charge is -2.11. The summed E-state index contributed by atoms with van der Waals surface area (Å²) in [4.78, 5) is 37.1. The summed E-state index contributed by atoms with van der Waals surface area (Å²) in [6, 6.07) is 12.9. The van der Waals surface area contributed by atoms with Gasteiger partial charge in [-0.3, -0.25) is 25.2 Å². The van der Waals surface area contributed by atoms with Crippen LogP contribution in [0.2, 0.25) is 0 Å². The van der Waals surface area contributed by atoms with Crippen molar-refractivity contribution in [2.24, 2.45) is 0 Å². The van der Waals surface area contributed by atoms with Gasteiger partial charge in [-0.25, -0.2) is 9.07 Å². The molecule has 0 fully saturated rings. The van der Waals surface area contributed by atoms with Crippen LogP contribution in [-0.4, -0.2) is 21.6 Å². The third-order valence-corrected chi connectivity index (χ3v) is 4.41. The van der Waals surface area contributed by atoms with Gasteiger partial charge in [0.1, 0.15) is 5.82 Å². The van der Waals surface area contributed by atoms with E-state index in [4.69, 9.17) is 0 Å². The molecule has 3 aromatic rings. The van der Waals surface area contributed by atoms with Crippen LogP contribution in [0, 0.1) is 5.82 Å². The second kappa shape index (κ2) is 9.09. The fourth-order valence-electron chi connectivity index (χ4n) is 2.96. The smallest absolute Gasteiger partial charge is 0.273 e. The molecule has 29 heavy (non-hydrogen) atoms. The lowest BCUT2D eigenvalue weighted by molar-refractivity contribution is -0.121. The van der Waals surface area contributed by atoms with Crippen LogP contribution in [-0.2, 0) is 17.8 Å². The summed E-state index contributed by atoms with van der Waals surface area (Å²) in [5, 5.41) is 4.95. The fraction of sp³-hybridized carbons (Fsp3) is 0.238. The summed E-state index contributed by atoms with van der Waals surface area (Å²) in [5.74, 6) is -1.48. The lowest BCUT2D eigenvalue weighted by atomic mass is 10.1. The molecule has 0 aliphatic rings. The van der Waals surface area contributed by atoms with E-state index in [0.717, 1.165) is 0 Å². The molecule has 0 bridgehead atoms. The Morgan fingerprint density at radius 1 is 1.03 bits per heavy atom.